The van der Waals surface area contributed by atoms with Gasteiger partial charge in [0.25, 0.3) is 0 Å². The molecule has 2 N–H and O–H groups in total. The number of methoxy groups -OCH3 is 2. The number of benzene rings is 1. The van der Waals surface area contributed by atoms with Crippen LogP contribution >= 0.6 is 0 Å². The van der Waals surface area contributed by atoms with E-state index in [9.17, 15) is 9.59 Å². The first-order chi connectivity index (χ1) is 8.36. The SMILES string of the molecule is COc1c(OC)c(C(=O)O)c(C)c(C)c1C(=O)O. The minimum absolute atomic E-state index is 0.0782. The smallest absolute Gasteiger partial charge is 0.339 e. The summed E-state index contributed by atoms with van der Waals surface area (Å²) in [5.74, 6) is -2.54. The molecular formula is C12H14O6. The molecule has 0 spiro atoms. The van der Waals surface area contributed by atoms with E-state index in [1.807, 2.05) is 0 Å². The van der Waals surface area contributed by atoms with E-state index in [4.69, 9.17) is 19.7 Å². The average Bonchev–Trinajstić information content (AvgIpc) is 2.30. The second kappa shape index (κ2) is 4.95. The van der Waals surface area contributed by atoms with Gasteiger partial charge in [0.15, 0.2) is 11.5 Å². The molecule has 1 aromatic carbocycles. The Kier molecular flexibility index (Phi) is 3.80. The summed E-state index contributed by atoms with van der Waals surface area (Å²) in [4.78, 5) is 22.4. The summed E-state index contributed by atoms with van der Waals surface area (Å²) in [6.07, 6.45) is 0. The van der Waals surface area contributed by atoms with Gasteiger partial charge in [0.05, 0.1) is 14.2 Å². The number of carboxylic acid groups (broad SMARTS) is 2. The Balaban J connectivity index is 3.86. The minimum Gasteiger partial charge on any atom is -0.492 e. The highest BCUT2D eigenvalue weighted by atomic mass is 16.5. The molecule has 0 bridgehead atoms. The molecule has 6 nitrogen and oxygen atoms in total. The largest absolute Gasteiger partial charge is 0.492 e. The van der Waals surface area contributed by atoms with Crippen molar-refractivity contribution in [3.05, 3.63) is 22.3 Å². The van der Waals surface area contributed by atoms with Gasteiger partial charge in [-0.1, -0.05) is 0 Å². The number of hydrogen-bond acceptors (Lipinski definition) is 4. The number of aromatic carboxylic acids is 2. The number of carboxylic acids is 2. The quantitative estimate of drug-likeness (QED) is 0.849. The van der Waals surface area contributed by atoms with E-state index < -0.39 is 11.9 Å². The monoisotopic (exact) mass is 254 g/mol. The predicted octanol–water partition coefficient (Wildman–Crippen LogP) is 1.72. The van der Waals surface area contributed by atoms with Crippen molar-refractivity contribution in [2.24, 2.45) is 0 Å². The minimum atomic E-state index is -1.19. The summed E-state index contributed by atoms with van der Waals surface area (Å²) in [5.41, 5.74) is 0.517. The summed E-state index contributed by atoms with van der Waals surface area (Å²) >= 11 is 0. The number of ether oxygens (including phenoxy) is 2. The van der Waals surface area contributed by atoms with Gasteiger partial charge in [-0.05, 0) is 25.0 Å². The molecule has 0 fully saturated rings. The summed E-state index contributed by atoms with van der Waals surface area (Å²) in [6.45, 7) is 3.07. The molecule has 0 aliphatic rings. The van der Waals surface area contributed by atoms with Gasteiger partial charge < -0.3 is 19.7 Å². The summed E-state index contributed by atoms with van der Waals surface area (Å²) in [7, 11) is 2.54. The van der Waals surface area contributed by atoms with Crippen molar-refractivity contribution in [1.29, 1.82) is 0 Å². The van der Waals surface area contributed by atoms with Crippen LogP contribution < -0.4 is 9.47 Å². The lowest BCUT2D eigenvalue weighted by Crippen LogP contribution is -2.12. The lowest BCUT2D eigenvalue weighted by atomic mass is 9.95. The van der Waals surface area contributed by atoms with Gasteiger partial charge in [-0.2, -0.15) is 0 Å². The maximum atomic E-state index is 11.2. The van der Waals surface area contributed by atoms with Crippen LogP contribution in [0.25, 0.3) is 0 Å². The summed E-state index contributed by atoms with van der Waals surface area (Å²) in [5, 5.41) is 18.3. The lowest BCUT2D eigenvalue weighted by molar-refractivity contribution is 0.0672. The molecule has 18 heavy (non-hydrogen) atoms. The number of rotatable bonds is 4. The molecule has 1 rings (SSSR count). The van der Waals surface area contributed by atoms with E-state index in [1.165, 1.54) is 28.1 Å². The van der Waals surface area contributed by atoms with Crippen LogP contribution in [0.5, 0.6) is 11.5 Å². The Bertz CT molecular complexity index is 471. The molecule has 0 amide bonds. The molecule has 0 aromatic heterocycles. The van der Waals surface area contributed by atoms with Crippen LogP contribution in [0.2, 0.25) is 0 Å². The third-order valence-corrected chi connectivity index (χ3v) is 2.81. The number of carbonyl (C=O) groups is 2. The van der Waals surface area contributed by atoms with E-state index in [2.05, 4.69) is 0 Å². The third kappa shape index (κ3) is 1.97. The fraction of sp³-hybridized carbons (Fsp3) is 0.333. The molecule has 6 heteroatoms. The van der Waals surface area contributed by atoms with Crippen molar-refractivity contribution in [3.63, 3.8) is 0 Å². The van der Waals surface area contributed by atoms with Crippen LogP contribution in [0.3, 0.4) is 0 Å². The van der Waals surface area contributed by atoms with Gasteiger partial charge >= 0.3 is 11.9 Å². The van der Waals surface area contributed by atoms with E-state index in [0.717, 1.165) is 0 Å². The molecule has 0 saturated carbocycles. The van der Waals surface area contributed by atoms with Crippen molar-refractivity contribution in [3.8, 4) is 11.5 Å². The highest BCUT2D eigenvalue weighted by Gasteiger charge is 2.28. The van der Waals surface area contributed by atoms with Crippen LogP contribution in [-0.2, 0) is 0 Å². The van der Waals surface area contributed by atoms with Gasteiger partial charge in [0.1, 0.15) is 11.1 Å². The predicted molar refractivity (Wildman–Crippen MR) is 62.9 cm³/mol. The molecule has 0 radical (unpaired) electrons. The Morgan fingerprint density at radius 3 is 1.28 bits per heavy atom. The zero-order chi connectivity index (χ0) is 14.0. The first-order valence-corrected chi connectivity index (χ1v) is 5.08. The fourth-order valence-corrected chi connectivity index (χ4v) is 1.85. The highest BCUT2D eigenvalue weighted by molar-refractivity contribution is 6.01. The average molecular weight is 254 g/mol. The van der Waals surface area contributed by atoms with Crippen LogP contribution in [0.15, 0.2) is 0 Å². The van der Waals surface area contributed by atoms with E-state index in [1.54, 1.807) is 0 Å². The third-order valence-electron chi connectivity index (χ3n) is 2.81. The number of hydrogen-bond donors (Lipinski definition) is 2. The molecule has 0 aliphatic heterocycles. The van der Waals surface area contributed by atoms with Crippen molar-refractivity contribution in [1.82, 2.24) is 0 Å². The zero-order valence-corrected chi connectivity index (χ0v) is 10.5. The van der Waals surface area contributed by atoms with Crippen molar-refractivity contribution < 1.29 is 29.3 Å². The second-order valence-corrected chi connectivity index (χ2v) is 3.68. The first-order valence-electron chi connectivity index (χ1n) is 5.08. The van der Waals surface area contributed by atoms with Crippen LogP contribution in [-0.4, -0.2) is 36.4 Å². The Labute approximate surface area is 104 Å². The topological polar surface area (TPSA) is 93.1 Å². The van der Waals surface area contributed by atoms with Gasteiger partial charge in [-0.15, -0.1) is 0 Å². The Morgan fingerprint density at radius 1 is 0.833 bits per heavy atom. The van der Waals surface area contributed by atoms with Crippen LogP contribution in [0.4, 0.5) is 0 Å². The second-order valence-electron chi connectivity index (χ2n) is 3.68. The fourth-order valence-electron chi connectivity index (χ4n) is 1.85. The Morgan fingerprint density at radius 2 is 1.11 bits per heavy atom. The normalized spacial score (nSPS) is 10.0. The van der Waals surface area contributed by atoms with Crippen molar-refractivity contribution in [2.45, 2.75) is 13.8 Å². The zero-order valence-electron chi connectivity index (χ0n) is 10.5. The van der Waals surface area contributed by atoms with Gasteiger partial charge in [-0.3, -0.25) is 0 Å². The van der Waals surface area contributed by atoms with Crippen LogP contribution in [0.1, 0.15) is 31.8 Å². The molecule has 98 valence electrons. The van der Waals surface area contributed by atoms with Crippen molar-refractivity contribution >= 4 is 11.9 Å². The maximum Gasteiger partial charge on any atom is 0.339 e. The van der Waals surface area contributed by atoms with Gasteiger partial charge in [-0.25, -0.2) is 9.59 Å². The summed E-state index contributed by atoms with van der Waals surface area (Å²) < 4.78 is 9.97. The lowest BCUT2D eigenvalue weighted by Gasteiger charge is -2.17. The maximum absolute atomic E-state index is 11.2. The van der Waals surface area contributed by atoms with E-state index in [0.29, 0.717) is 11.1 Å². The molecule has 0 atom stereocenters. The summed E-state index contributed by atoms with van der Waals surface area (Å²) in [6, 6.07) is 0. The molecule has 0 heterocycles. The van der Waals surface area contributed by atoms with Crippen LogP contribution in [0, 0.1) is 13.8 Å². The van der Waals surface area contributed by atoms with E-state index >= 15 is 0 Å². The Hall–Kier alpha value is -2.24. The van der Waals surface area contributed by atoms with Gasteiger partial charge in [0, 0.05) is 0 Å². The molecular weight excluding hydrogens is 240 g/mol. The molecule has 0 unspecified atom stereocenters. The molecule has 1 aromatic rings. The van der Waals surface area contributed by atoms with E-state index in [-0.39, 0.29) is 22.6 Å². The highest BCUT2D eigenvalue weighted by Crippen LogP contribution is 2.39. The first kappa shape index (κ1) is 13.8. The van der Waals surface area contributed by atoms with Crippen molar-refractivity contribution in [2.75, 3.05) is 14.2 Å². The standard InChI is InChI=1S/C12H14O6/c1-5-6(2)8(12(15)16)10(18-4)9(17-3)7(5)11(13)14/h1-4H3,(H,13,14)(H,15,16). The molecule has 0 saturated heterocycles. The molecule has 0 aliphatic carbocycles. The van der Waals surface area contributed by atoms with Gasteiger partial charge in [0.2, 0.25) is 0 Å².